The lowest BCUT2D eigenvalue weighted by atomic mass is 9.84. The second-order valence-corrected chi connectivity index (χ2v) is 8.33. The summed E-state index contributed by atoms with van der Waals surface area (Å²) in [4.78, 5) is 25.7. The number of aromatic nitrogens is 4. The first-order valence-corrected chi connectivity index (χ1v) is 11.0. The molecule has 1 fully saturated rings. The van der Waals surface area contributed by atoms with E-state index in [9.17, 15) is 9.18 Å². The monoisotopic (exact) mass is 454 g/mol. The molecule has 0 atom stereocenters. The van der Waals surface area contributed by atoms with Gasteiger partial charge in [-0.1, -0.05) is 11.2 Å². The van der Waals surface area contributed by atoms with Gasteiger partial charge in [0, 0.05) is 19.0 Å². The van der Waals surface area contributed by atoms with Crippen LogP contribution in [0.2, 0.25) is 0 Å². The van der Waals surface area contributed by atoms with E-state index in [1.54, 1.807) is 13.0 Å². The Morgan fingerprint density at radius 1 is 1.21 bits per heavy atom. The Hall–Kier alpha value is -3.40. The van der Waals surface area contributed by atoms with Crippen LogP contribution in [0.25, 0.3) is 11.5 Å². The van der Waals surface area contributed by atoms with Gasteiger partial charge in [-0.15, -0.1) is 0 Å². The number of nitrogens with one attached hydrogen (secondary N) is 1. The first kappa shape index (κ1) is 22.8. The van der Waals surface area contributed by atoms with Crippen molar-refractivity contribution in [2.24, 2.45) is 11.7 Å². The summed E-state index contributed by atoms with van der Waals surface area (Å²) in [7, 11) is 1.39. The summed E-state index contributed by atoms with van der Waals surface area (Å²) in [5, 5.41) is 6.82. The third-order valence-electron chi connectivity index (χ3n) is 5.79. The summed E-state index contributed by atoms with van der Waals surface area (Å²) in [5.41, 5.74) is 7.26. The van der Waals surface area contributed by atoms with E-state index in [4.69, 9.17) is 15.0 Å². The quantitative estimate of drug-likeness (QED) is 0.557. The molecule has 0 bridgehead atoms. The van der Waals surface area contributed by atoms with E-state index in [1.165, 1.54) is 25.3 Å². The van der Waals surface area contributed by atoms with Gasteiger partial charge in [0.25, 0.3) is 5.91 Å². The maximum Gasteiger partial charge on any atom is 0.270 e. The molecular formula is C23H27FN6O3. The van der Waals surface area contributed by atoms with Crippen LogP contribution in [-0.2, 0) is 13.0 Å². The van der Waals surface area contributed by atoms with Crippen molar-refractivity contribution in [1.82, 2.24) is 25.4 Å². The van der Waals surface area contributed by atoms with E-state index in [2.05, 4.69) is 25.4 Å². The van der Waals surface area contributed by atoms with Crippen LogP contribution in [-0.4, -0.2) is 39.2 Å². The third-order valence-corrected chi connectivity index (χ3v) is 5.79. The minimum Gasteiger partial charge on any atom is -0.494 e. The smallest absolute Gasteiger partial charge is 0.270 e. The lowest BCUT2D eigenvalue weighted by Crippen LogP contribution is -2.27. The van der Waals surface area contributed by atoms with Gasteiger partial charge < -0.3 is 20.3 Å². The lowest BCUT2D eigenvalue weighted by Gasteiger charge is -2.24. The molecule has 0 unspecified atom stereocenters. The Bertz CT molecular complexity index is 1130. The second-order valence-electron chi connectivity index (χ2n) is 8.33. The van der Waals surface area contributed by atoms with Gasteiger partial charge in [-0.05, 0) is 62.3 Å². The number of aryl methyl sites for hydroxylation is 1. The average molecular weight is 455 g/mol. The Balaban J connectivity index is 1.43. The number of hydrogen-bond donors (Lipinski definition) is 2. The molecule has 1 saturated carbocycles. The number of carbonyl (C=O) groups is 1. The summed E-state index contributed by atoms with van der Waals surface area (Å²) < 4.78 is 24.0. The molecule has 0 saturated heterocycles. The first-order chi connectivity index (χ1) is 15.9. The third kappa shape index (κ3) is 5.70. The molecule has 1 aliphatic carbocycles. The molecule has 1 aromatic carbocycles. The van der Waals surface area contributed by atoms with Crippen molar-refractivity contribution in [3.8, 4) is 17.3 Å². The largest absolute Gasteiger partial charge is 0.494 e. The van der Waals surface area contributed by atoms with Gasteiger partial charge in [0.15, 0.2) is 11.6 Å². The molecule has 1 amide bonds. The average Bonchev–Trinajstić information content (AvgIpc) is 3.28. The SMILES string of the molecule is COc1cc(CNC(=O)c2cc(-c3noc(C[C@H]4CC[C@H](N)CC4)n3)nc(C)n2)ccc1F. The van der Waals surface area contributed by atoms with Crippen molar-refractivity contribution in [1.29, 1.82) is 0 Å². The number of nitrogens with zero attached hydrogens (tertiary/aromatic N) is 4. The summed E-state index contributed by atoms with van der Waals surface area (Å²) in [5.74, 6) is 1.03. The minimum atomic E-state index is -0.463. The van der Waals surface area contributed by atoms with E-state index in [-0.39, 0.29) is 24.0 Å². The fourth-order valence-corrected chi connectivity index (χ4v) is 3.97. The molecule has 174 valence electrons. The van der Waals surface area contributed by atoms with Crippen LogP contribution in [0, 0.1) is 18.7 Å². The van der Waals surface area contributed by atoms with Crippen molar-refractivity contribution < 1.29 is 18.4 Å². The number of ether oxygens (including phenoxy) is 1. The molecule has 4 rings (SSSR count). The molecule has 3 aromatic rings. The predicted octanol–water partition coefficient (Wildman–Crippen LogP) is 2.97. The van der Waals surface area contributed by atoms with Crippen LogP contribution in [0.5, 0.6) is 5.75 Å². The number of methoxy groups -OCH3 is 1. The predicted molar refractivity (Wildman–Crippen MR) is 118 cm³/mol. The standard InChI is InChI=1S/C23H27FN6O3/c1-13-27-18(22-29-21(33-30-22)10-14-3-6-16(25)7-4-14)11-19(28-13)23(31)26-12-15-5-8-17(24)20(9-15)32-2/h5,8-9,11,14,16H,3-4,6-7,10,12,25H2,1-2H3,(H,26,31)/t14-,16-. The normalized spacial score (nSPS) is 18.2. The highest BCUT2D eigenvalue weighted by Gasteiger charge is 2.22. The van der Waals surface area contributed by atoms with Gasteiger partial charge in [-0.25, -0.2) is 14.4 Å². The van der Waals surface area contributed by atoms with Crippen LogP contribution in [0.1, 0.15) is 53.5 Å². The second kappa shape index (κ2) is 10.0. The molecule has 1 aliphatic rings. The number of nitrogens with two attached hydrogens (primary N) is 1. The molecule has 9 nitrogen and oxygen atoms in total. The van der Waals surface area contributed by atoms with Gasteiger partial charge >= 0.3 is 0 Å². The van der Waals surface area contributed by atoms with Crippen LogP contribution in [0.4, 0.5) is 4.39 Å². The number of benzene rings is 1. The highest BCUT2D eigenvalue weighted by Crippen LogP contribution is 2.26. The van der Waals surface area contributed by atoms with Gasteiger partial charge in [-0.3, -0.25) is 4.79 Å². The van der Waals surface area contributed by atoms with E-state index in [1.807, 2.05) is 0 Å². The Labute approximate surface area is 191 Å². The van der Waals surface area contributed by atoms with Gasteiger partial charge in [0.2, 0.25) is 11.7 Å². The highest BCUT2D eigenvalue weighted by molar-refractivity contribution is 5.93. The van der Waals surface area contributed by atoms with Crippen molar-refractivity contribution in [3.63, 3.8) is 0 Å². The van der Waals surface area contributed by atoms with Crippen LogP contribution in [0.3, 0.4) is 0 Å². The summed E-state index contributed by atoms with van der Waals surface area (Å²) in [6.07, 6.45) is 4.84. The lowest BCUT2D eigenvalue weighted by molar-refractivity contribution is 0.0945. The Morgan fingerprint density at radius 2 is 2.00 bits per heavy atom. The van der Waals surface area contributed by atoms with Crippen molar-refractivity contribution in [2.75, 3.05) is 7.11 Å². The van der Waals surface area contributed by atoms with Crippen LogP contribution < -0.4 is 15.8 Å². The Kier molecular flexibility index (Phi) is 6.93. The zero-order valence-electron chi connectivity index (χ0n) is 18.7. The number of hydrogen-bond acceptors (Lipinski definition) is 8. The minimum absolute atomic E-state index is 0.117. The Morgan fingerprint density at radius 3 is 2.76 bits per heavy atom. The van der Waals surface area contributed by atoms with E-state index in [0.29, 0.717) is 41.1 Å². The molecule has 0 radical (unpaired) electrons. The van der Waals surface area contributed by atoms with Crippen molar-refractivity contribution >= 4 is 5.91 Å². The van der Waals surface area contributed by atoms with Crippen molar-refractivity contribution in [3.05, 3.63) is 53.1 Å². The number of amides is 1. The van der Waals surface area contributed by atoms with Crippen LogP contribution in [0.15, 0.2) is 28.8 Å². The van der Waals surface area contributed by atoms with Crippen LogP contribution >= 0.6 is 0 Å². The van der Waals surface area contributed by atoms with Gasteiger partial charge in [-0.2, -0.15) is 4.98 Å². The molecule has 3 N–H and O–H groups in total. The van der Waals surface area contributed by atoms with Gasteiger partial charge in [0.05, 0.1) is 7.11 Å². The molecular weight excluding hydrogens is 427 g/mol. The summed E-state index contributed by atoms with van der Waals surface area (Å²) >= 11 is 0. The maximum atomic E-state index is 13.6. The molecule has 0 aliphatic heterocycles. The number of carbonyl (C=O) groups excluding carboxylic acids is 1. The summed E-state index contributed by atoms with van der Waals surface area (Å²) in [6, 6.07) is 6.23. The highest BCUT2D eigenvalue weighted by atomic mass is 19.1. The first-order valence-electron chi connectivity index (χ1n) is 11.0. The fourth-order valence-electron chi connectivity index (χ4n) is 3.97. The molecule has 2 aromatic heterocycles. The topological polar surface area (TPSA) is 129 Å². The van der Waals surface area contributed by atoms with E-state index < -0.39 is 11.7 Å². The molecule has 10 heteroatoms. The number of halogens is 1. The van der Waals surface area contributed by atoms with E-state index >= 15 is 0 Å². The number of rotatable bonds is 7. The van der Waals surface area contributed by atoms with Gasteiger partial charge in [0.1, 0.15) is 17.2 Å². The van der Waals surface area contributed by atoms with Crippen molar-refractivity contribution in [2.45, 2.75) is 51.6 Å². The zero-order valence-corrected chi connectivity index (χ0v) is 18.7. The maximum absolute atomic E-state index is 13.6. The van der Waals surface area contributed by atoms with E-state index in [0.717, 1.165) is 25.7 Å². The molecule has 0 spiro atoms. The zero-order chi connectivity index (χ0) is 23.4. The summed E-state index contributed by atoms with van der Waals surface area (Å²) in [6.45, 7) is 1.88. The fraction of sp³-hybridized carbons (Fsp3) is 0.435. The molecule has 33 heavy (non-hydrogen) atoms. The molecule has 2 heterocycles.